The molecule has 0 atom stereocenters. The van der Waals surface area contributed by atoms with Crippen molar-refractivity contribution < 1.29 is 4.52 Å². The van der Waals surface area contributed by atoms with E-state index in [2.05, 4.69) is 63.8 Å². The van der Waals surface area contributed by atoms with E-state index in [1.54, 1.807) is 6.26 Å². The first-order valence-electron chi connectivity index (χ1n) is 8.55. The maximum absolute atomic E-state index is 4.82. The molecule has 2 aromatic rings. The molecular weight excluding hydrogens is 429 g/mol. The Kier molecular flexibility index (Phi) is 10.7. The summed E-state index contributed by atoms with van der Waals surface area (Å²) in [5, 5.41) is 10.5. The number of benzene rings is 1. The molecule has 6 nitrogen and oxygen atoms in total. The molecule has 0 bridgehead atoms. The van der Waals surface area contributed by atoms with Crippen LogP contribution < -0.4 is 15.5 Å². The van der Waals surface area contributed by atoms with E-state index in [4.69, 9.17) is 4.52 Å². The van der Waals surface area contributed by atoms with Gasteiger partial charge in [0.1, 0.15) is 12.0 Å². The topological polar surface area (TPSA) is 65.7 Å². The van der Waals surface area contributed by atoms with Gasteiger partial charge < -0.3 is 20.1 Å². The van der Waals surface area contributed by atoms with Crippen molar-refractivity contribution in [3.05, 3.63) is 48.4 Å². The maximum atomic E-state index is 4.82. The van der Waals surface area contributed by atoms with Gasteiger partial charge >= 0.3 is 0 Å². The lowest BCUT2D eigenvalue weighted by atomic mass is 10.2. The summed E-state index contributed by atoms with van der Waals surface area (Å²) < 4.78 is 4.82. The molecule has 0 saturated heterocycles. The molecule has 1 heterocycles. The summed E-state index contributed by atoms with van der Waals surface area (Å²) in [7, 11) is 0. The first-order valence-corrected chi connectivity index (χ1v) is 8.55. The molecule has 0 unspecified atom stereocenters. The Morgan fingerprint density at radius 1 is 1.16 bits per heavy atom. The normalized spacial score (nSPS) is 10.9. The van der Waals surface area contributed by atoms with E-state index in [-0.39, 0.29) is 24.0 Å². The number of nitrogens with zero attached hydrogens (tertiary/aromatic N) is 3. The third-order valence-corrected chi connectivity index (χ3v) is 3.63. The molecule has 7 heteroatoms. The SMILES string of the molecule is CCNC(=NCc1ccon1)NCCCN(CC)c1ccccc1.I. The molecule has 0 saturated carbocycles. The van der Waals surface area contributed by atoms with Gasteiger partial charge in [-0.2, -0.15) is 0 Å². The van der Waals surface area contributed by atoms with Gasteiger partial charge in [-0.3, -0.25) is 0 Å². The largest absolute Gasteiger partial charge is 0.372 e. The highest BCUT2D eigenvalue weighted by molar-refractivity contribution is 14.0. The summed E-state index contributed by atoms with van der Waals surface area (Å²) >= 11 is 0. The summed E-state index contributed by atoms with van der Waals surface area (Å²) in [5.74, 6) is 0.809. The van der Waals surface area contributed by atoms with Crippen molar-refractivity contribution in [3.8, 4) is 0 Å². The minimum absolute atomic E-state index is 0. The van der Waals surface area contributed by atoms with Crippen molar-refractivity contribution in [1.29, 1.82) is 0 Å². The smallest absolute Gasteiger partial charge is 0.191 e. The highest BCUT2D eigenvalue weighted by Crippen LogP contribution is 2.12. The summed E-state index contributed by atoms with van der Waals surface area (Å²) in [6.45, 7) is 8.46. The predicted octanol–water partition coefficient (Wildman–Crippen LogP) is 3.26. The van der Waals surface area contributed by atoms with Crippen molar-refractivity contribution in [3.63, 3.8) is 0 Å². The molecule has 138 valence electrons. The standard InChI is InChI=1S/C18H27N5O.HI/c1-3-19-18(21-15-16-11-14-24-22-16)20-12-8-13-23(4-2)17-9-6-5-7-10-17;/h5-7,9-11,14H,3-4,8,12-13,15H2,1-2H3,(H2,19,20,21);1H. The quantitative estimate of drug-likeness (QED) is 0.262. The van der Waals surface area contributed by atoms with Crippen molar-refractivity contribution >= 4 is 35.6 Å². The molecule has 0 amide bonds. The third-order valence-electron chi connectivity index (χ3n) is 3.63. The van der Waals surface area contributed by atoms with E-state index < -0.39 is 0 Å². The molecule has 0 aliphatic rings. The van der Waals surface area contributed by atoms with Gasteiger partial charge in [-0.05, 0) is 32.4 Å². The van der Waals surface area contributed by atoms with Crippen molar-refractivity contribution in [2.45, 2.75) is 26.8 Å². The lowest BCUT2D eigenvalue weighted by Crippen LogP contribution is -2.38. The van der Waals surface area contributed by atoms with Crippen LogP contribution in [0.25, 0.3) is 0 Å². The summed E-state index contributed by atoms with van der Waals surface area (Å²) in [4.78, 5) is 6.89. The Labute approximate surface area is 167 Å². The van der Waals surface area contributed by atoms with Crippen LogP contribution in [-0.2, 0) is 6.54 Å². The van der Waals surface area contributed by atoms with Crippen LogP contribution in [0.15, 0.2) is 52.2 Å². The molecule has 0 aliphatic heterocycles. The number of guanidine groups is 1. The zero-order valence-electron chi connectivity index (χ0n) is 14.9. The highest BCUT2D eigenvalue weighted by Gasteiger charge is 2.04. The fourth-order valence-corrected chi connectivity index (χ4v) is 2.41. The van der Waals surface area contributed by atoms with E-state index in [1.807, 2.05) is 12.1 Å². The molecule has 0 fully saturated rings. The van der Waals surface area contributed by atoms with Crippen LogP contribution in [0, 0.1) is 0 Å². The molecule has 1 aromatic heterocycles. The zero-order chi connectivity index (χ0) is 17.0. The van der Waals surface area contributed by atoms with Crippen LogP contribution in [0.2, 0.25) is 0 Å². The fraction of sp³-hybridized carbons (Fsp3) is 0.444. The van der Waals surface area contributed by atoms with Crippen LogP contribution in [0.1, 0.15) is 26.0 Å². The molecule has 2 N–H and O–H groups in total. The Morgan fingerprint density at radius 2 is 1.96 bits per heavy atom. The van der Waals surface area contributed by atoms with Gasteiger partial charge in [-0.1, -0.05) is 23.4 Å². The second-order valence-electron chi connectivity index (χ2n) is 5.38. The fourth-order valence-electron chi connectivity index (χ4n) is 2.41. The number of rotatable bonds is 9. The zero-order valence-corrected chi connectivity index (χ0v) is 17.3. The average molecular weight is 457 g/mol. The number of para-hydroxylation sites is 1. The van der Waals surface area contributed by atoms with Gasteiger partial charge in [0, 0.05) is 37.9 Å². The first kappa shape index (κ1) is 21.3. The first-order chi connectivity index (χ1) is 11.8. The number of hydrogen-bond donors (Lipinski definition) is 2. The molecule has 0 spiro atoms. The Morgan fingerprint density at radius 3 is 2.60 bits per heavy atom. The van der Waals surface area contributed by atoms with Gasteiger partial charge in [0.05, 0.1) is 6.54 Å². The van der Waals surface area contributed by atoms with E-state index in [9.17, 15) is 0 Å². The molecular formula is C18H28IN5O. The maximum Gasteiger partial charge on any atom is 0.191 e. The Balaban J connectivity index is 0.00000312. The summed E-state index contributed by atoms with van der Waals surface area (Å²) in [5.41, 5.74) is 2.10. The van der Waals surface area contributed by atoms with Crippen LogP contribution in [-0.4, -0.2) is 37.3 Å². The van der Waals surface area contributed by atoms with Crippen LogP contribution >= 0.6 is 24.0 Å². The third kappa shape index (κ3) is 7.76. The van der Waals surface area contributed by atoms with Gasteiger partial charge in [0.15, 0.2) is 5.96 Å². The number of aliphatic imine (C=N–C) groups is 1. The lowest BCUT2D eigenvalue weighted by Gasteiger charge is -2.23. The molecule has 0 aliphatic carbocycles. The van der Waals surface area contributed by atoms with E-state index in [1.165, 1.54) is 5.69 Å². The molecule has 1 aromatic carbocycles. The van der Waals surface area contributed by atoms with E-state index in [0.29, 0.717) is 6.54 Å². The Hall–Kier alpha value is -1.77. The van der Waals surface area contributed by atoms with Crippen LogP contribution in [0.3, 0.4) is 0 Å². The van der Waals surface area contributed by atoms with Crippen molar-refractivity contribution in [2.75, 3.05) is 31.1 Å². The van der Waals surface area contributed by atoms with Gasteiger partial charge in [-0.15, -0.1) is 24.0 Å². The van der Waals surface area contributed by atoms with E-state index in [0.717, 1.165) is 44.3 Å². The highest BCUT2D eigenvalue weighted by atomic mass is 127. The number of anilines is 1. The minimum Gasteiger partial charge on any atom is -0.372 e. The molecule has 0 radical (unpaired) electrons. The molecule has 2 rings (SSSR count). The second-order valence-corrected chi connectivity index (χ2v) is 5.38. The van der Waals surface area contributed by atoms with Gasteiger partial charge in [-0.25, -0.2) is 4.99 Å². The summed E-state index contributed by atoms with van der Waals surface area (Å²) in [6, 6.07) is 12.3. The van der Waals surface area contributed by atoms with Crippen molar-refractivity contribution in [1.82, 2.24) is 15.8 Å². The average Bonchev–Trinajstić information content (AvgIpc) is 3.14. The van der Waals surface area contributed by atoms with Crippen LogP contribution in [0.5, 0.6) is 0 Å². The van der Waals surface area contributed by atoms with E-state index >= 15 is 0 Å². The van der Waals surface area contributed by atoms with Crippen LogP contribution in [0.4, 0.5) is 5.69 Å². The monoisotopic (exact) mass is 457 g/mol. The minimum atomic E-state index is 0. The van der Waals surface area contributed by atoms with Gasteiger partial charge in [0.25, 0.3) is 0 Å². The lowest BCUT2D eigenvalue weighted by molar-refractivity contribution is 0.412. The van der Waals surface area contributed by atoms with Crippen molar-refractivity contribution in [2.24, 2.45) is 4.99 Å². The molecule has 25 heavy (non-hydrogen) atoms. The number of halogens is 1. The second kappa shape index (κ2) is 12.6. The number of nitrogens with one attached hydrogen (secondary N) is 2. The number of hydrogen-bond acceptors (Lipinski definition) is 4. The summed E-state index contributed by atoms with van der Waals surface area (Å²) in [6.07, 6.45) is 2.60. The predicted molar refractivity (Wildman–Crippen MR) is 114 cm³/mol. The Bertz CT molecular complexity index is 589. The number of aromatic nitrogens is 1. The van der Waals surface area contributed by atoms with Gasteiger partial charge in [0.2, 0.25) is 0 Å².